The van der Waals surface area contributed by atoms with Gasteiger partial charge in [-0.2, -0.15) is 0 Å². The second kappa shape index (κ2) is 16.1. The van der Waals surface area contributed by atoms with Gasteiger partial charge in [0.05, 0.1) is 38.9 Å². The lowest BCUT2D eigenvalue weighted by Gasteiger charge is -2.36. The Morgan fingerprint density at radius 3 is 2.16 bits per heavy atom. The number of hydrogen-bond acceptors (Lipinski definition) is 10. The van der Waals surface area contributed by atoms with Crippen molar-refractivity contribution in [2.75, 3.05) is 26.9 Å². The van der Waals surface area contributed by atoms with Gasteiger partial charge in [-0.3, -0.25) is 14.4 Å². The molecule has 240 valence electrons. The number of aromatic hydroxyl groups is 1. The lowest BCUT2D eigenvalue weighted by atomic mass is 9.84. The van der Waals surface area contributed by atoms with Crippen LogP contribution in [0.2, 0.25) is 0 Å². The van der Waals surface area contributed by atoms with Crippen LogP contribution in [-0.4, -0.2) is 61.1 Å². The van der Waals surface area contributed by atoms with Crippen LogP contribution in [0.4, 0.5) is 0 Å². The van der Waals surface area contributed by atoms with Gasteiger partial charge in [-0.1, -0.05) is 32.8 Å². The van der Waals surface area contributed by atoms with Gasteiger partial charge in [-0.15, -0.1) is 0 Å². The minimum Gasteiger partial charge on any atom is -0.507 e. The third-order valence-corrected chi connectivity index (χ3v) is 7.57. The van der Waals surface area contributed by atoms with Crippen molar-refractivity contribution in [3.8, 4) is 23.0 Å². The van der Waals surface area contributed by atoms with Crippen LogP contribution in [0.5, 0.6) is 23.0 Å². The molecule has 0 bridgehead atoms. The Morgan fingerprint density at radius 1 is 0.909 bits per heavy atom. The van der Waals surface area contributed by atoms with E-state index in [0.717, 1.165) is 24.0 Å². The van der Waals surface area contributed by atoms with Crippen LogP contribution in [-0.2, 0) is 43.1 Å². The summed E-state index contributed by atoms with van der Waals surface area (Å²) in [5, 5.41) is 10.6. The highest BCUT2D eigenvalue weighted by Gasteiger charge is 2.51. The van der Waals surface area contributed by atoms with Crippen molar-refractivity contribution < 1.29 is 48.0 Å². The molecule has 0 fully saturated rings. The van der Waals surface area contributed by atoms with Crippen LogP contribution in [0, 0.1) is 0 Å². The van der Waals surface area contributed by atoms with Crippen molar-refractivity contribution in [3.63, 3.8) is 0 Å². The highest BCUT2D eigenvalue weighted by atomic mass is 16.6. The summed E-state index contributed by atoms with van der Waals surface area (Å²) in [4.78, 5) is 50.1. The first kappa shape index (κ1) is 34.4. The molecule has 1 aliphatic heterocycles. The molecule has 1 N–H and O–H groups in total. The number of Topliss-reactive ketones (excluding diaryl/α,β-unsaturated/α-hetero) is 2. The fourth-order valence-electron chi connectivity index (χ4n) is 5.36. The average Bonchev–Trinajstić information content (AvgIpc) is 3.01. The largest absolute Gasteiger partial charge is 0.507 e. The van der Waals surface area contributed by atoms with Crippen molar-refractivity contribution >= 4 is 23.5 Å². The Labute approximate surface area is 259 Å². The number of ether oxygens (including phenoxy) is 5. The Balaban J connectivity index is 1.75. The van der Waals surface area contributed by atoms with Crippen molar-refractivity contribution in [3.05, 3.63) is 46.5 Å². The molecular formula is C34H44O10. The molecule has 3 rings (SSSR count). The number of carbonyl (C=O) groups is 4. The molecule has 0 aromatic heterocycles. The maximum absolute atomic E-state index is 13.4. The van der Waals surface area contributed by atoms with E-state index in [2.05, 4.69) is 0 Å². The first-order valence-corrected chi connectivity index (χ1v) is 15.4. The second-order valence-electron chi connectivity index (χ2n) is 10.7. The molecule has 2 aromatic carbocycles. The topological polar surface area (TPSA) is 135 Å². The van der Waals surface area contributed by atoms with E-state index in [1.165, 1.54) is 14.0 Å². The van der Waals surface area contributed by atoms with Gasteiger partial charge >= 0.3 is 11.9 Å². The molecule has 1 unspecified atom stereocenters. The summed E-state index contributed by atoms with van der Waals surface area (Å²) in [5.41, 5.74) is 0.650. The third kappa shape index (κ3) is 7.89. The number of benzene rings is 2. The number of phenolic OH excluding ortho intramolecular Hbond substituents is 1. The monoisotopic (exact) mass is 612 g/mol. The van der Waals surface area contributed by atoms with E-state index in [1.54, 1.807) is 19.1 Å². The third-order valence-electron chi connectivity index (χ3n) is 7.57. The van der Waals surface area contributed by atoms with Gasteiger partial charge in [-0.25, -0.2) is 4.79 Å². The molecule has 1 heterocycles. The summed E-state index contributed by atoms with van der Waals surface area (Å²) in [7, 11) is 1.21. The van der Waals surface area contributed by atoms with Crippen molar-refractivity contribution in [2.24, 2.45) is 0 Å². The second-order valence-corrected chi connectivity index (χ2v) is 10.7. The van der Waals surface area contributed by atoms with Gasteiger partial charge in [0.2, 0.25) is 0 Å². The lowest BCUT2D eigenvalue weighted by Crippen LogP contribution is -2.54. The highest BCUT2D eigenvalue weighted by molar-refractivity contribution is 6.08. The zero-order valence-corrected chi connectivity index (χ0v) is 26.4. The number of hydrogen-bond donors (Lipinski definition) is 1. The number of methoxy groups -OCH3 is 1. The molecule has 0 radical (unpaired) electrons. The molecule has 44 heavy (non-hydrogen) atoms. The van der Waals surface area contributed by atoms with Gasteiger partial charge < -0.3 is 28.8 Å². The number of esters is 2. The lowest BCUT2D eigenvalue weighted by molar-refractivity contribution is -0.167. The van der Waals surface area contributed by atoms with Crippen LogP contribution >= 0.6 is 0 Å². The number of fused-ring (bicyclic) bond motifs is 1. The van der Waals surface area contributed by atoms with E-state index >= 15 is 0 Å². The molecule has 0 amide bonds. The quantitative estimate of drug-likeness (QED) is 0.106. The standard InChI is InChI=1S/C34H44O10/c1-6-10-25-27(15-13-24(22(4)35)31(25)38)42-20-9-21-43-28-14-12-23-18-19-34(33(39)40-5,44-32(23)26(28)11-7-2)29(36)16-17-30(37)41-8-3/h12-15,38H,6-11,16-21H2,1-5H3. The predicted octanol–water partition coefficient (Wildman–Crippen LogP) is 5.50. The fourth-order valence-corrected chi connectivity index (χ4v) is 5.36. The highest BCUT2D eigenvalue weighted by Crippen LogP contribution is 2.42. The molecule has 1 atom stereocenters. The molecule has 0 aliphatic carbocycles. The summed E-state index contributed by atoms with van der Waals surface area (Å²) >= 11 is 0. The fraction of sp³-hybridized carbons (Fsp3) is 0.529. The maximum atomic E-state index is 13.4. The van der Waals surface area contributed by atoms with E-state index < -0.39 is 23.3 Å². The molecule has 1 aliphatic rings. The van der Waals surface area contributed by atoms with Gasteiger partial charge in [0.15, 0.2) is 11.6 Å². The van der Waals surface area contributed by atoms with Crippen molar-refractivity contribution in [1.29, 1.82) is 0 Å². The molecular weight excluding hydrogens is 568 g/mol. The van der Waals surface area contributed by atoms with Crippen LogP contribution in [0.25, 0.3) is 0 Å². The van der Waals surface area contributed by atoms with Crippen LogP contribution < -0.4 is 14.2 Å². The summed E-state index contributed by atoms with van der Waals surface area (Å²) in [5.74, 6) is -0.529. The maximum Gasteiger partial charge on any atom is 0.358 e. The van der Waals surface area contributed by atoms with Crippen LogP contribution in [0.15, 0.2) is 24.3 Å². The smallest absolute Gasteiger partial charge is 0.358 e. The minimum absolute atomic E-state index is 0.0335. The molecule has 10 nitrogen and oxygen atoms in total. The Bertz CT molecular complexity index is 1350. The van der Waals surface area contributed by atoms with Crippen LogP contribution in [0.3, 0.4) is 0 Å². The summed E-state index contributed by atoms with van der Waals surface area (Å²) in [6, 6.07) is 7.04. The zero-order chi connectivity index (χ0) is 32.3. The number of rotatable bonds is 17. The molecule has 0 saturated carbocycles. The van der Waals surface area contributed by atoms with Crippen molar-refractivity contribution in [2.45, 2.75) is 91.1 Å². The molecule has 0 spiro atoms. The van der Waals surface area contributed by atoms with E-state index in [1.807, 2.05) is 26.0 Å². The van der Waals surface area contributed by atoms with Gasteiger partial charge in [0, 0.05) is 30.4 Å². The van der Waals surface area contributed by atoms with E-state index in [4.69, 9.17) is 23.7 Å². The summed E-state index contributed by atoms with van der Waals surface area (Å²) < 4.78 is 28.3. The Kier molecular flexibility index (Phi) is 12.6. The predicted molar refractivity (Wildman–Crippen MR) is 163 cm³/mol. The van der Waals surface area contributed by atoms with Crippen LogP contribution in [0.1, 0.15) is 93.3 Å². The van der Waals surface area contributed by atoms with Gasteiger partial charge in [0.1, 0.15) is 23.0 Å². The SMILES string of the molecule is CCCc1c(OCCCOc2ccc3c(c2CCC)OC(C(=O)CCC(=O)OCC)(C(=O)OC)CC3)ccc(C(C)=O)c1O. The number of ketones is 2. The van der Waals surface area contributed by atoms with Crippen molar-refractivity contribution in [1.82, 2.24) is 0 Å². The van der Waals surface area contributed by atoms with Gasteiger partial charge in [-0.05, 0) is 56.9 Å². The first-order chi connectivity index (χ1) is 21.1. The summed E-state index contributed by atoms with van der Waals surface area (Å²) in [6.07, 6.45) is 3.38. The van der Waals surface area contributed by atoms with E-state index in [0.29, 0.717) is 61.7 Å². The Hall–Kier alpha value is -4.08. The van der Waals surface area contributed by atoms with E-state index in [-0.39, 0.29) is 43.0 Å². The molecule has 2 aromatic rings. The average molecular weight is 613 g/mol. The Morgan fingerprint density at radius 2 is 1.55 bits per heavy atom. The minimum atomic E-state index is -1.86. The zero-order valence-electron chi connectivity index (χ0n) is 26.4. The normalized spacial score (nSPS) is 15.5. The first-order valence-electron chi connectivity index (χ1n) is 15.4. The number of carbonyl (C=O) groups excluding carboxylic acids is 4. The molecule has 0 saturated heterocycles. The summed E-state index contributed by atoms with van der Waals surface area (Å²) in [6.45, 7) is 7.94. The molecule has 10 heteroatoms. The van der Waals surface area contributed by atoms with E-state index in [9.17, 15) is 24.3 Å². The van der Waals surface area contributed by atoms with Gasteiger partial charge in [0.25, 0.3) is 5.60 Å². The number of phenols is 1. The number of aryl methyl sites for hydroxylation is 1.